The normalized spacial score (nSPS) is 13.4. The molecular formula is C16H22N2O5. The van der Waals surface area contributed by atoms with Crippen LogP contribution in [0.3, 0.4) is 0 Å². The zero-order valence-corrected chi connectivity index (χ0v) is 13.7. The maximum absolute atomic E-state index is 12.2. The summed E-state index contributed by atoms with van der Waals surface area (Å²) in [5.41, 5.74) is 0.474. The molecule has 0 saturated heterocycles. The minimum Gasteiger partial charge on any atom is -0.480 e. The zero-order chi connectivity index (χ0) is 17.7. The maximum atomic E-state index is 12.2. The topological polar surface area (TPSA) is 110 Å². The molecule has 0 heterocycles. The summed E-state index contributed by atoms with van der Waals surface area (Å²) in [6.45, 7) is 7.20. The van der Waals surface area contributed by atoms with Gasteiger partial charge < -0.3 is 10.4 Å². The Kier molecular flexibility index (Phi) is 6.24. The highest BCUT2D eigenvalue weighted by atomic mass is 16.6. The molecule has 1 aromatic rings. The van der Waals surface area contributed by atoms with Gasteiger partial charge in [-0.1, -0.05) is 40.2 Å². The van der Waals surface area contributed by atoms with Gasteiger partial charge in [-0.05, 0) is 17.9 Å². The van der Waals surface area contributed by atoms with Gasteiger partial charge in [-0.15, -0.1) is 0 Å². The lowest BCUT2D eigenvalue weighted by Gasteiger charge is -2.20. The molecule has 2 N–H and O–H groups in total. The van der Waals surface area contributed by atoms with Gasteiger partial charge in [-0.25, -0.2) is 4.79 Å². The van der Waals surface area contributed by atoms with E-state index in [1.807, 2.05) is 20.8 Å². The second-order valence-corrected chi connectivity index (χ2v) is 5.86. The van der Waals surface area contributed by atoms with Crippen LogP contribution in [0.2, 0.25) is 0 Å². The van der Waals surface area contributed by atoms with E-state index in [0.29, 0.717) is 12.0 Å². The van der Waals surface area contributed by atoms with Gasteiger partial charge in [0.2, 0.25) is 0 Å². The number of nitrogens with one attached hydrogen (secondary N) is 1. The Hall–Kier alpha value is -2.44. The molecule has 0 fully saturated rings. The molecule has 0 saturated carbocycles. The van der Waals surface area contributed by atoms with Crippen molar-refractivity contribution in [3.8, 4) is 0 Å². The molecule has 1 aromatic carbocycles. The molecule has 126 valence electrons. The van der Waals surface area contributed by atoms with Crippen LogP contribution in [0.25, 0.3) is 0 Å². The Labute approximate surface area is 134 Å². The molecule has 1 rings (SSSR count). The molecule has 7 heteroatoms. The fraction of sp³-hybridized carbons (Fsp3) is 0.500. The van der Waals surface area contributed by atoms with Gasteiger partial charge in [0.05, 0.1) is 4.92 Å². The number of benzene rings is 1. The highest BCUT2D eigenvalue weighted by Gasteiger charge is 2.27. The van der Waals surface area contributed by atoms with Crippen LogP contribution >= 0.6 is 0 Å². The first-order valence-corrected chi connectivity index (χ1v) is 7.51. The third kappa shape index (κ3) is 4.51. The van der Waals surface area contributed by atoms with Crippen molar-refractivity contribution in [2.75, 3.05) is 0 Å². The lowest BCUT2D eigenvalue weighted by molar-refractivity contribution is -0.385. The van der Waals surface area contributed by atoms with Crippen molar-refractivity contribution >= 4 is 17.6 Å². The van der Waals surface area contributed by atoms with E-state index in [1.165, 1.54) is 18.2 Å². The number of nitro groups is 1. The van der Waals surface area contributed by atoms with Gasteiger partial charge in [0, 0.05) is 17.2 Å². The summed E-state index contributed by atoms with van der Waals surface area (Å²) in [5.74, 6) is -2.06. The van der Waals surface area contributed by atoms with Gasteiger partial charge in [0.25, 0.3) is 11.6 Å². The predicted molar refractivity (Wildman–Crippen MR) is 85.5 cm³/mol. The number of nitrogens with zero attached hydrogens (tertiary/aromatic N) is 1. The largest absolute Gasteiger partial charge is 0.480 e. The number of hydrogen-bond acceptors (Lipinski definition) is 4. The summed E-state index contributed by atoms with van der Waals surface area (Å²) in [6.07, 6.45) is 0.587. The van der Waals surface area contributed by atoms with Crippen molar-refractivity contribution < 1.29 is 19.6 Å². The molecule has 2 unspecified atom stereocenters. The van der Waals surface area contributed by atoms with Crippen molar-refractivity contribution in [2.45, 2.75) is 46.1 Å². The van der Waals surface area contributed by atoms with Crippen LogP contribution in [0, 0.1) is 16.0 Å². The first-order valence-electron chi connectivity index (χ1n) is 7.51. The Morgan fingerprint density at radius 3 is 2.35 bits per heavy atom. The Bertz CT molecular complexity index is 612. The number of carbonyl (C=O) groups excluding carboxylic acids is 1. The first-order chi connectivity index (χ1) is 10.7. The zero-order valence-electron chi connectivity index (χ0n) is 13.7. The average Bonchev–Trinajstić information content (AvgIpc) is 2.50. The van der Waals surface area contributed by atoms with Crippen LogP contribution in [-0.2, 0) is 4.79 Å². The molecule has 0 radical (unpaired) electrons. The second-order valence-electron chi connectivity index (χ2n) is 5.86. The van der Waals surface area contributed by atoms with E-state index in [4.69, 9.17) is 0 Å². The fourth-order valence-electron chi connectivity index (χ4n) is 2.24. The number of amides is 1. The molecule has 23 heavy (non-hydrogen) atoms. The molecule has 0 bridgehead atoms. The summed E-state index contributed by atoms with van der Waals surface area (Å²) in [7, 11) is 0. The smallest absolute Gasteiger partial charge is 0.326 e. The van der Waals surface area contributed by atoms with Crippen molar-refractivity contribution in [1.82, 2.24) is 5.32 Å². The van der Waals surface area contributed by atoms with E-state index in [-0.39, 0.29) is 23.1 Å². The van der Waals surface area contributed by atoms with E-state index in [9.17, 15) is 24.8 Å². The summed E-state index contributed by atoms with van der Waals surface area (Å²) in [5, 5.41) is 22.8. The summed E-state index contributed by atoms with van der Waals surface area (Å²) in [6, 6.07) is 3.18. The van der Waals surface area contributed by atoms with Crippen LogP contribution < -0.4 is 5.32 Å². The van der Waals surface area contributed by atoms with E-state index in [1.54, 1.807) is 6.92 Å². The molecule has 0 aliphatic rings. The van der Waals surface area contributed by atoms with Crippen LogP contribution in [-0.4, -0.2) is 27.9 Å². The molecule has 2 atom stereocenters. The van der Waals surface area contributed by atoms with Gasteiger partial charge in [0.1, 0.15) is 6.04 Å². The van der Waals surface area contributed by atoms with Gasteiger partial charge in [-0.2, -0.15) is 0 Å². The molecule has 0 aliphatic carbocycles. The monoisotopic (exact) mass is 322 g/mol. The quantitative estimate of drug-likeness (QED) is 0.592. The molecule has 0 aromatic heterocycles. The Morgan fingerprint density at radius 1 is 1.30 bits per heavy atom. The van der Waals surface area contributed by atoms with Gasteiger partial charge in [0.15, 0.2) is 0 Å². The predicted octanol–water partition coefficient (Wildman–Crippen LogP) is 2.95. The molecular weight excluding hydrogens is 300 g/mol. The van der Waals surface area contributed by atoms with E-state index in [0.717, 1.165) is 0 Å². The maximum Gasteiger partial charge on any atom is 0.326 e. The lowest BCUT2D eigenvalue weighted by Crippen LogP contribution is -2.45. The highest BCUT2D eigenvalue weighted by Crippen LogP contribution is 2.27. The first kappa shape index (κ1) is 18.6. The summed E-state index contributed by atoms with van der Waals surface area (Å²) >= 11 is 0. The highest BCUT2D eigenvalue weighted by molar-refractivity contribution is 5.97. The van der Waals surface area contributed by atoms with Gasteiger partial charge in [-0.3, -0.25) is 14.9 Å². The van der Waals surface area contributed by atoms with Crippen molar-refractivity contribution in [1.29, 1.82) is 0 Å². The van der Waals surface area contributed by atoms with Crippen molar-refractivity contribution in [3.63, 3.8) is 0 Å². The van der Waals surface area contributed by atoms with E-state index in [2.05, 4.69) is 5.32 Å². The number of aliphatic carboxylic acids is 1. The van der Waals surface area contributed by atoms with Crippen LogP contribution in [0.5, 0.6) is 0 Å². The Balaban J connectivity index is 3.11. The molecule has 0 spiro atoms. The fourth-order valence-corrected chi connectivity index (χ4v) is 2.24. The van der Waals surface area contributed by atoms with Gasteiger partial charge >= 0.3 is 5.97 Å². The number of hydrogen-bond donors (Lipinski definition) is 2. The average molecular weight is 322 g/mol. The Morgan fingerprint density at radius 2 is 1.91 bits per heavy atom. The van der Waals surface area contributed by atoms with Crippen LogP contribution in [0.1, 0.15) is 56.0 Å². The third-order valence-electron chi connectivity index (χ3n) is 3.88. The number of nitro benzene ring substituents is 1. The molecule has 0 aliphatic heterocycles. The standard InChI is InChI=1S/C16H22N2O5/c1-5-10(4)14(16(20)21)17-15(19)11-6-7-12(9(2)3)13(8-11)18(22)23/h6-10,14H,5H2,1-4H3,(H,17,19)(H,20,21). The summed E-state index contributed by atoms with van der Waals surface area (Å²) < 4.78 is 0. The lowest BCUT2D eigenvalue weighted by atomic mass is 9.97. The minimum absolute atomic E-state index is 0.0561. The number of carboxylic acid groups (broad SMARTS) is 1. The number of rotatable bonds is 7. The molecule has 7 nitrogen and oxygen atoms in total. The second kappa shape index (κ2) is 7.71. The van der Waals surface area contributed by atoms with Crippen LogP contribution in [0.4, 0.5) is 5.69 Å². The summed E-state index contributed by atoms with van der Waals surface area (Å²) in [4.78, 5) is 34.1. The number of carboxylic acids is 1. The SMILES string of the molecule is CCC(C)C(NC(=O)c1ccc(C(C)C)c([N+](=O)[O-])c1)C(=O)O. The third-order valence-corrected chi connectivity index (χ3v) is 3.88. The van der Waals surface area contributed by atoms with E-state index >= 15 is 0 Å². The van der Waals surface area contributed by atoms with Crippen LogP contribution in [0.15, 0.2) is 18.2 Å². The van der Waals surface area contributed by atoms with E-state index < -0.39 is 22.8 Å². The minimum atomic E-state index is -1.12. The van der Waals surface area contributed by atoms with Crippen molar-refractivity contribution in [3.05, 3.63) is 39.4 Å². The molecule has 1 amide bonds. The van der Waals surface area contributed by atoms with Crippen molar-refractivity contribution in [2.24, 2.45) is 5.92 Å². The number of carbonyl (C=O) groups is 2.